The maximum atomic E-state index is 12.9. The van der Waals surface area contributed by atoms with Gasteiger partial charge in [0.1, 0.15) is 6.54 Å². The monoisotopic (exact) mass is 389 g/mol. The van der Waals surface area contributed by atoms with Gasteiger partial charge in [-0.2, -0.15) is 4.31 Å². The second kappa shape index (κ2) is 7.64. The van der Waals surface area contributed by atoms with Gasteiger partial charge in [-0.3, -0.25) is 4.79 Å². The number of nitrogens with zero attached hydrogens (tertiary/aromatic N) is 2. The highest BCUT2D eigenvalue weighted by molar-refractivity contribution is 7.89. The van der Waals surface area contributed by atoms with Crippen molar-refractivity contribution in [3.63, 3.8) is 0 Å². The summed E-state index contributed by atoms with van der Waals surface area (Å²) in [7, 11) is -3.44. The molecule has 2 aromatic rings. The highest BCUT2D eigenvalue weighted by Gasteiger charge is 2.26. The smallest absolute Gasteiger partial charge is 0.243 e. The number of fused-ring (bicyclic) bond motifs is 1. The summed E-state index contributed by atoms with van der Waals surface area (Å²) in [6, 6.07) is 7.39. The van der Waals surface area contributed by atoms with Crippen LogP contribution in [0.4, 0.5) is 0 Å². The van der Waals surface area contributed by atoms with E-state index in [0.717, 1.165) is 43.0 Å². The van der Waals surface area contributed by atoms with Crippen LogP contribution >= 0.6 is 0 Å². The molecule has 1 amide bonds. The zero-order valence-corrected chi connectivity index (χ0v) is 16.4. The molecule has 27 heavy (non-hydrogen) atoms. The number of hydrogen-bond acceptors (Lipinski definition) is 3. The lowest BCUT2D eigenvalue weighted by atomic mass is 10.2. The summed E-state index contributed by atoms with van der Waals surface area (Å²) in [6.45, 7) is 1.46. The fourth-order valence-corrected chi connectivity index (χ4v) is 5.78. The van der Waals surface area contributed by atoms with Crippen molar-refractivity contribution in [2.24, 2.45) is 0 Å². The van der Waals surface area contributed by atoms with Gasteiger partial charge in [0.15, 0.2) is 0 Å². The molecule has 4 rings (SSSR count). The normalized spacial score (nSPS) is 19.6. The maximum Gasteiger partial charge on any atom is 0.243 e. The Labute approximate surface area is 160 Å². The summed E-state index contributed by atoms with van der Waals surface area (Å²) in [5, 5.41) is 3.95. The highest BCUT2D eigenvalue weighted by Crippen LogP contribution is 2.25. The first kappa shape index (κ1) is 18.5. The van der Waals surface area contributed by atoms with Gasteiger partial charge in [-0.15, -0.1) is 0 Å². The summed E-state index contributed by atoms with van der Waals surface area (Å²) >= 11 is 0. The van der Waals surface area contributed by atoms with Crippen LogP contribution in [-0.4, -0.2) is 42.3 Å². The number of sulfonamides is 1. The van der Waals surface area contributed by atoms with Crippen LogP contribution in [-0.2, 0) is 21.4 Å². The van der Waals surface area contributed by atoms with Crippen molar-refractivity contribution in [2.75, 3.05) is 13.1 Å². The molecule has 0 spiro atoms. The summed E-state index contributed by atoms with van der Waals surface area (Å²) < 4.78 is 29.2. The van der Waals surface area contributed by atoms with Crippen LogP contribution in [0.5, 0.6) is 0 Å². The van der Waals surface area contributed by atoms with Crippen LogP contribution in [0.15, 0.2) is 35.4 Å². The molecule has 0 radical (unpaired) electrons. The second-order valence-electron chi connectivity index (χ2n) is 7.68. The van der Waals surface area contributed by atoms with Crippen molar-refractivity contribution in [1.29, 1.82) is 0 Å². The largest absolute Gasteiger partial charge is 0.352 e. The van der Waals surface area contributed by atoms with Crippen molar-refractivity contribution >= 4 is 26.8 Å². The van der Waals surface area contributed by atoms with Crippen LogP contribution < -0.4 is 5.32 Å². The van der Waals surface area contributed by atoms with E-state index in [1.54, 1.807) is 16.4 Å². The van der Waals surface area contributed by atoms with Gasteiger partial charge in [-0.1, -0.05) is 19.3 Å². The Hall–Kier alpha value is -1.86. The Morgan fingerprint density at radius 2 is 1.78 bits per heavy atom. The Kier molecular flexibility index (Phi) is 5.23. The van der Waals surface area contributed by atoms with Crippen molar-refractivity contribution in [1.82, 2.24) is 14.2 Å². The van der Waals surface area contributed by atoms with E-state index in [1.807, 2.05) is 22.9 Å². The highest BCUT2D eigenvalue weighted by atomic mass is 32.2. The van der Waals surface area contributed by atoms with Gasteiger partial charge in [0, 0.05) is 36.2 Å². The van der Waals surface area contributed by atoms with Gasteiger partial charge in [0.2, 0.25) is 15.9 Å². The van der Waals surface area contributed by atoms with Gasteiger partial charge in [0.05, 0.1) is 4.90 Å². The van der Waals surface area contributed by atoms with E-state index in [-0.39, 0.29) is 12.5 Å². The lowest BCUT2D eigenvalue weighted by Crippen LogP contribution is -2.35. The van der Waals surface area contributed by atoms with Gasteiger partial charge >= 0.3 is 0 Å². The van der Waals surface area contributed by atoms with E-state index in [0.29, 0.717) is 24.0 Å². The second-order valence-corrected chi connectivity index (χ2v) is 9.62. The standard InChI is InChI=1S/C20H27N3O3S/c24-20(21-17-6-2-3-7-17)15-22-13-10-16-14-18(8-9-19(16)22)27(25,26)23-11-4-1-5-12-23/h8-10,13-14,17H,1-7,11-12,15H2,(H,21,24). The molecule has 0 bridgehead atoms. The Morgan fingerprint density at radius 1 is 1.04 bits per heavy atom. The number of piperidine rings is 1. The van der Waals surface area contributed by atoms with Crippen LogP contribution in [0.2, 0.25) is 0 Å². The van der Waals surface area contributed by atoms with E-state index in [2.05, 4.69) is 5.32 Å². The van der Waals surface area contributed by atoms with Crippen molar-refractivity contribution in [2.45, 2.75) is 62.4 Å². The fourth-order valence-electron chi connectivity index (χ4n) is 4.23. The Balaban J connectivity index is 1.51. The third kappa shape index (κ3) is 3.89. The molecular weight excluding hydrogens is 362 g/mol. The quantitative estimate of drug-likeness (QED) is 0.855. The zero-order valence-electron chi connectivity index (χ0n) is 15.6. The van der Waals surface area contributed by atoms with E-state index in [9.17, 15) is 13.2 Å². The first-order valence-electron chi connectivity index (χ1n) is 9.92. The zero-order chi connectivity index (χ0) is 18.9. The molecule has 146 valence electrons. The molecule has 0 unspecified atom stereocenters. The first-order valence-corrected chi connectivity index (χ1v) is 11.4. The maximum absolute atomic E-state index is 12.9. The van der Waals surface area contributed by atoms with Crippen molar-refractivity contribution < 1.29 is 13.2 Å². The lowest BCUT2D eigenvalue weighted by Gasteiger charge is -2.25. The topological polar surface area (TPSA) is 71.4 Å². The number of amides is 1. The van der Waals surface area contributed by atoms with E-state index >= 15 is 0 Å². The van der Waals surface area contributed by atoms with E-state index in [4.69, 9.17) is 0 Å². The van der Waals surface area contributed by atoms with Crippen LogP contribution in [0.1, 0.15) is 44.9 Å². The van der Waals surface area contributed by atoms with Gasteiger partial charge < -0.3 is 9.88 Å². The molecule has 0 atom stereocenters. The third-order valence-corrected chi connectivity index (χ3v) is 7.62. The predicted molar refractivity (Wildman–Crippen MR) is 105 cm³/mol. The molecule has 1 N–H and O–H groups in total. The Bertz CT molecular complexity index is 923. The molecule has 1 aliphatic heterocycles. The molecule has 2 fully saturated rings. The summed E-state index contributed by atoms with van der Waals surface area (Å²) in [5.41, 5.74) is 0.883. The molecule has 2 aliphatic rings. The summed E-state index contributed by atoms with van der Waals surface area (Å²) in [5.74, 6) is 0.0180. The summed E-state index contributed by atoms with van der Waals surface area (Å²) in [6.07, 6.45) is 9.30. The van der Waals surface area contributed by atoms with Gasteiger partial charge in [-0.05, 0) is 49.9 Å². The number of carbonyl (C=O) groups excluding carboxylic acids is 1. The first-order chi connectivity index (χ1) is 13.0. The number of nitrogens with one attached hydrogen (secondary N) is 1. The SMILES string of the molecule is O=C(Cn1ccc2cc(S(=O)(=O)N3CCCCC3)ccc21)NC1CCCC1. The molecule has 1 saturated carbocycles. The minimum absolute atomic E-state index is 0.0180. The van der Waals surface area contributed by atoms with Gasteiger partial charge in [-0.25, -0.2) is 8.42 Å². The molecule has 1 aromatic heterocycles. The molecule has 6 nitrogen and oxygen atoms in total. The van der Waals surface area contributed by atoms with Crippen LogP contribution in [0.3, 0.4) is 0 Å². The Morgan fingerprint density at radius 3 is 2.52 bits per heavy atom. The van der Waals surface area contributed by atoms with E-state index < -0.39 is 10.0 Å². The lowest BCUT2D eigenvalue weighted by molar-refractivity contribution is -0.122. The molecule has 7 heteroatoms. The molecular formula is C20H27N3O3S. The number of benzene rings is 1. The fraction of sp³-hybridized carbons (Fsp3) is 0.550. The number of rotatable bonds is 5. The number of hydrogen-bond donors (Lipinski definition) is 1. The predicted octanol–water partition coefficient (Wildman–Crippen LogP) is 2.87. The van der Waals surface area contributed by atoms with Crippen LogP contribution in [0, 0.1) is 0 Å². The molecule has 1 saturated heterocycles. The van der Waals surface area contributed by atoms with Crippen molar-refractivity contribution in [3.05, 3.63) is 30.5 Å². The average Bonchev–Trinajstić information content (AvgIpc) is 3.32. The van der Waals surface area contributed by atoms with E-state index in [1.165, 1.54) is 12.8 Å². The minimum atomic E-state index is -3.44. The van der Waals surface area contributed by atoms with Crippen molar-refractivity contribution in [3.8, 4) is 0 Å². The summed E-state index contributed by atoms with van der Waals surface area (Å²) in [4.78, 5) is 12.6. The van der Waals surface area contributed by atoms with Crippen LogP contribution in [0.25, 0.3) is 10.9 Å². The third-order valence-electron chi connectivity index (χ3n) is 5.73. The molecule has 1 aromatic carbocycles. The molecule has 2 heterocycles. The average molecular weight is 390 g/mol. The minimum Gasteiger partial charge on any atom is -0.352 e. The molecule has 1 aliphatic carbocycles. The number of aromatic nitrogens is 1. The number of carbonyl (C=O) groups is 1. The van der Waals surface area contributed by atoms with Gasteiger partial charge in [0.25, 0.3) is 0 Å².